The highest BCUT2D eigenvalue weighted by Crippen LogP contribution is 2.29. The van der Waals surface area contributed by atoms with Gasteiger partial charge in [0.2, 0.25) is 10.0 Å². The summed E-state index contributed by atoms with van der Waals surface area (Å²) in [5.41, 5.74) is 1.93. The Morgan fingerprint density at radius 3 is 1.92 bits per heavy atom. The quantitative estimate of drug-likeness (QED) is 0.741. The molecule has 0 spiro atoms. The molecular weight excluding hydrogens is 416 g/mol. The van der Waals surface area contributed by atoms with Crippen molar-refractivity contribution in [3.63, 3.8) is 0 Å². The molecule has 6 nitrogen and oxygen atoms in total. The van der Waals surface area contributed by atoms with Gasteiger partial charge in [-0.05, 0) is 49.2 Å². The van der Waals surface area contributed by atoms with Gasteiger partial charge in [-0.25, -0.2) is 16.8 Å². The van der Waals surface area contributed by atoms with E-state index in [1.807, 2.05) is 13.8 Å². The predicted molar refractivity (Wildman–Crippen MR) is 103 cm³/mol. The lowest BCUT2D eigenvalue weighted by Gasteiger charge is -2.33. The zero-order valence-corrected chi connectivity index (χ0v) is 17.6. The van der Waals surface area contributed by atoms with E-state index in [1.54, 1.807) is 24.3 Å². The second-order valence-corrected chi connectivity index (χ2v) is 11.9. The van der Waals surface area contributed by atoms with E-state index < -0.39 is 20.0 Å². The van der Waals surface area contributed by atoms with Crippen LogP contribution in [0, 0.1) is 13.8 Å². The molecule has 2 aromatic rings. The van der Waals surface area contributed by atoms with Crippen molar-refractivity contribution < 1.29 is 16.8 Å². The molecule has 1 aliphatic heterocycles. The van der Waals surface area contributed by atoms with Crippen LogP contribution in [0.2, 0.25) is 4.34 Å². The molecule has 1 saturated heterocycles. The summed E-state index contributed by atoms with van der Waals surface area (Å²) in [5, 5.41) is 0. The van der Waals surface area contributed by atoms with Gasteiger partial charge in [-0.3, -0.25) is 0 Å². The Balaban J connectivity index is 1.76. The summed E-state index contributed by atoms with van der Waals surface area (Å²) in [6, 6.07) is 8.04. The first-order valence-electron chi connectivity index (χ1n) is 7.95. The van der Waals surface area contributed by atoms with Crippen LogP contribution in [-0.2, 0) is 20.0 Å². The highest BCUT2D eigenvalue weighted by atomic mass is 35.5. The molecule has 0 saturated carbocycles. The topological polar surface area (TPSA) is 74.8 Å². The molecule has 1 aromatic heterocycles. The molecule has 0 atom stereocenters. The number of aryl methyl sites for hydroxylation is 2. The molecule has 0 amide bonds. The minimum atomic E-state index is -3.64. The van der Waals surface area contributed by atoms with Crippen LogP contribution in [0.15, 0.2) is 39.4 Å². The summed E-state index contributed by atoms with van der Waals surface area (Å²) >= 11 is 6.83. The first-order valence-corrected chi connectivity index (χ1v) is 12.0. The number of sulfonamides is 2. The molecule has 2 heterocycles. The zero-order chi connectivity index (χ0) is 19.1. The standard InChI is InChI=1S/C16H19ClN2O4S3/c1-12-3-4-14(11-13(12)2)25(20,21)18-7-9-19(10-8-18)26(22,23)16-6-5-15(17)24-16/h3-6,11H,7-10H2,1-2H3. The van der Waals surface area contributed by atoms with Crippen LogP contribution < -0.4 is 0 Å². The van der Waals surface area contributed by atoms with Gasteiger partial charge in [0.15, 0.2) is 0 Å². The van der Waals surface area contributed by atoms with Crippen LogP contribution in [0.5, 0.6) is 0 Å². The number of thiophene rings is 1. The lowest BCUT2D eigenvalue weighted by molar-refractivity contribution is 0.273. The summed E-state index contributed by atoms with van der Waals surface area (Å²) in [6.45, 7) is 4.25. The second kappa shape index (κ2) is 7.21. The molecule has 10 heteroatoms. The molecule has 0 bridgehead atoms. The van der Waals surface area contributed by atoms with E-state index in [0.29, 0.717) is 4.34 Å². The van der Waals surface area contributed by atoms with Crippen LogP contribution in [0.3, 0.4) is 0 Å². The highest BCUT2D eigenvalue weighted by Gasteiger charge is 2.34. The van der Waals surface area contributed by atoms with Crippen LogP contribution in [0.1, 0.15) is 11.1 Å². The Labute approximate surface area is 163 Å². The Bertz CT molecular complexity index is 1020. The van der Waals surface area contributed by atoms with Crippen molar-refractivity contribution >= 4 is 43.0 Å². The maximum Gasteiger partial charge on any atom is 0.252 e. The third-order valence-corrected chi connectivity index (χ3v) is 9.95. The fourth-order valence-electron chi connectivity index (χ4n) is 2.74. The minimum absolute atomic E-state index is 0.113. The average Bonchev–Trinajstić information content (AvgIpc) is 3.04. The maximum atomic E-state index is 12.8. The van der Waals surface area contributed by atoms with E-state index in [4.69, 9.17) is 11.6 Å². The molecule has 0 unspecified atom stereocenters. The van der Waals surface area contributed by atoms with Gasteiger partial charge >= 0.3 is 0 Å². The third kappa shape index (κ3) is 3.69. The minimum Gasteiger partial charge on any atom is -0.207 e. The van der Waals surface area contributed by atoms with Gasteiger partial charge < -0.3 is 0 Å². The van der Waals surface area contributed by atoms with Gasteiger partial charge in [0.1, 0.15) is 4.21 Å². The van der Waals surface area contributed by atoms with Crippen molar-refractivity contribution in [2.24, 2.45) is 0 Å². The number of halogens is 1. The van der Waals surface area contributed by atoms with Gasteiger partial charge in [-0.1, -0.05) is 17.7 Å². The van der Waals surface area contributed by atoms with E-state index in [9.17, 15) is 16.8 Å². The Kier molecular flexibility index (Phi) is 5.49. The van der Waals surface area contributed by atoms with E-state index >= 15 is 0 Å². The summed E-state index contributed by atoms with van der Waals surface area (Å²) in [5.74, 6) is 0. The molecule has 0 aliphatic carbocycles. The molecule has 1 aliphatic rings. The second-order valence-electron chi connectivity index (χ2n) is 6.11. The highest BCUT2D eigenvalue weighted by molar-refractivity contribution is 7.91. The Hall–Kier alpha value is -0.970. The molecule has 3 rings (SSSR count). The molecule has 1 fully saturated rings. The summed E-state index contributed by atoms with van der Waals surface area (Å²) < 4.78 is 54.1. The van der Waals surface area contributed by atoms with Crippen molar-refractivity contribution in [3.05, 3.63) is 45.8 Å². The molecule has 1 aromatic carbocycles. The maximum absolute atomic E-state index is 12.8. The molecule has 0 radical (unpaired) electrons. The fourth-order valence-corrected chi connectivity index (χ4v) is 7.30. The van der Waals surface area contributed by atoms with Crippen LogP contribution in [0.25, 0.3) is 0 Å². The van der Waals surface area contributed by atoms with Crippen molar-refractivity contribution in [2.45, 2.75) is 23.0 Å². The number of hydrogen-bond acceptors (Lipinski definition) is 5. The van der Waals surface area contributed by atoms with E-state index in [1.165, 1.54) is 14.7 Å². The fraction of sp³-hybridized carbons (Fsp3) is 0.375. The van der Waals surface area contributed by atoms with Crippen LogP contribution in [-0.4, -0.2) is 51.6 Å². The van der Waals surface area contributed by atoms with Crippen molar-refractivity contribution in [3.8, 4) is 0 Å². The third-order valence-electron chi connectivity index (χ3n) is 4.46. The molecule has 26 heavy (non-hydrogen) atoms. The number of rotatable bonds is 4. The monoisotopic (exact) mass is 434 g/mol. The smallest absolute Gasteiger partial charge is 0.207 e. The van der Waals surface area contributed by atoms with Crippen LogP contribution >= 0.6 is 22.9 Å². The predicted octanol–water partition coefficient (Wildman–Crippen LogP) is 2.71. The number of hydrogen-bond donors (Lipinski definition) is 0. The lowest BCUT2D eigenvalue weighted by Crippen LogP contribution is -2.50. The molecule has 0 N–H and O–H groups in total. The largest absolute Gasteiger partial charge is 0.252 e. The van der Waals surface area contributed by atoms with E-state index in [0.717, 1.165) is 22.5 Å². The Morgan fingerprint density at radius 2 is 1.42 bits per heavy atom. The van der Waals surface area contributed by atoms with Crippen molar-refractivity contribution in [1.29, 1.82) is 0 Å². The molecule has 142 valence electrons. The van der Waals surface area contributed by atoms with Gasteiger partial charge in [-0.15, -0.1) is 11.3 Å². The summed E-state index contributed by atoms with van der Waals surface area (Å²) in [7, 11) is -7.28. The SMILES string of the molecule is Cc1ccc(S(=O)(=O)N2CCN(S(=O)(=O)c3ccc(Cl)s3)CC2)cc1C. The van der Waals surface area contributed by atoms with Gasteiger partial charge in [-0.2, -0.15) is 8.61 Å². The van der Waals surface area contributed by atoms with Crippen molar-refractivity contribution in [2.75, 3.05) is 26.2 Å². The summed E-state index contributed by atoms with van der Waals surface area (Å²) in [4.78, 5) is 0.238. The summed E-state index contributed by atoms with van der Waals surface area (Å²) in [6.07, 6.45) is 0. The first kappa shape index (κ1) is 19.8. The van der Waals surface area contributed by atoms with Gasteiger partial charge in [0.25, 0.3) is 10.0 Å². The molecular formula is C16H19ClN2O4S3. The van der Waals surface area contributed by atoms with E-state index in [-0.39, 0.29) is 35.3 Å². The Morgan fingerprint density at radius 1 is 0.846 bits per heavy atom. The number of benzene rings is 1. The van der Waals surface area contributed by atoms with Gasteiger partial charge in [0, 0.05) is 26.2 Å². The van der Waals surface area contributed by atoms with Crippen molar-refractivity contribution in [1.82, 2.24) is 8.61 Å². The number of piperazine rings is 1. The zero-order valence-electron chi connectivity index (χ0n) is 14.3. The van der Waals surface area contributed by atoms with Crippen LogP contribution in [0.4, 0.5) is 0 Å². The first-order chi connectivity index (χ1) is 12.1. The van der Waals surface area contributed by atoms with Gasteiger partial charge in [0.05, 0.1) is 9.23 Å². The van der Waals surface area contributed by atoms with E-state index in [2.05, 4.69) is 0 Å². The normalized spacial score (nSPS) is 17.5. The number of nitrogens with zero attached hydrogens (tertiary/aromatic N) is 2. The lowest BCUT2D eigenvalue weighted by atomic mass is 10.1. The average molecular weight is 435 g/mol.